The maximum Gasteiger partial charge on any atom is 0.246 e. The van der Waals surface area contributed by atoms with Gasteiger partial charge in [-0.1, -0.05) is 24.4 Å². The first-order chi connectivity index (χ1) is 12.6. The summed E-state index contributed by atoms with van der Waals surface area (Å²) in [7, 11) is -3.57. The van der Waals surface area contributed by atoms with E-state index in [9.17, 15) is 8.42 Å². The van der Waals surface area contributed by atoms with E-state index in [-0.39, 0.29) is 4.90 Å². The number of aryl methyl sites for hydroxylation is 1. The highest BCUT2D eigenvalue weighted by molar-refractivity contribution is 7.89. The first kappa shape index (κ1) is 17.8. The Morgan fingerprint density at radius 3 is 2.46 bits per heavy atom. The van der Waals surface area contributed by atoms with E-state index in [1.54, 1.807) is 23.4 Å². The summed E-state index contributed by atoms with van der Waals surface area (Å²) >= 11 is 0. The van der Waals surface area contributed by atoms with Gasteiger partial charge in [0.25, 0.3) is 0 Å². The van der Waals surface area contributed by atoms with Crippen LogP contribution in [0.5, 0.6) is 0 Å². The van der Waals surface area contributed by atoms with Crippen LogP contribution in [0.25, 0.3) is 11.5 Å². The Morgan fingerprint density at radius 1 is 1.08 bits per heavy atom. The van der Waals surface area contributed by atoms with Gasteiger partial charge in [0.2, 0.25) is 15.8 Å². The largest absolute Gasteiger partial charge is 0.457 e. The SMILES string of the molecule is Cc1oc(-c2ccno2)cc1S(=O)(=O)N1CCN(C2CCCCC2)CC1. The summed E-state index contributed by atoms with van der Waals surface area (Å²) in [5.74, 6) is 1.20. The molecule has 8 heteroatoms. The minimum atomic E-state index is -3.57. The zero-order chi connectivity index (χ0) is 18.1. The predicted molar refractivity (Wildman–Crippen MR) is 96.1 cm³/mol. The molecule has 7 nitrogen and oxygen atoms in total. The van der Waals surface area contributed by atoms with Gasteiger partial charge in [-0.3, -0.25) is 4.90 Å². The number of rotatable bonds is 4. The summed E-state index contributed by atoms with van der Waals surface area (Å²) in [6.45, 7) is 4.33. The van der Waals surface area contributed by atoms with Crippen molar-refractivity contribution in [1.29, 1.82) is 0 Å². The number of hydrogen-bond donors (Lipinski definition) is 0. The molecule has 2 aromatic heterocycles. The summed E-state index contributed by atoms with van der Waals surface area (Å²) in [5, 5.41) is 3.64. The Labute approximate surface area is 154 Å². The van der Waals surface area contributed by atoms with E-state index in [1.807, 2.05) is 0 Å². The normalized spacial score (nSPS) is 21.3. The van der Waals surface area contributed by atoms with Gasteiger partial charge >= 0.3 is 0 Å². The third kappa shape index (κ3) is 3.33. The van der Waals surface area contributed by atoms with Crippen LogP contribution in [-0.2, 0) is 10.0 Å². The van der Waals surface area contributed by atoms with Gasteiger partial charge in [-0.05, 0) is 19.8 Å². The summed E-state index contributed by atoms with van der Waals surface area (Å²) in [5.41, 5.74) is 0. The Kier molecular flexibility index (Phi) is 4.90. The Balaban J connectivity index is 1.48. The van der Waals surface area contributed by atoms with Crippen LogP contribution < -0.4 is 0 Å². The van der Waals surface area contributed by atoms with Gasteiger partial charge in [0.1, 0.15) is 10.7 Å². The maximum absolute atomic E-state index is 13.1. The fraction of sp³-hybridized carbons (Fsp3) is 0.611. The molecule has 2 aliphatic rings. The van der Waals surface area contributed by atoms with Gasteiger partial charge in [-0.25, -0.2) is 8.42 Å². The van der Waals surface area contributed by atoms with Gasteiger partial charge in [-0.2, -0.15) is 4.31 Å². The highest BCUT2D eigenvalue weighted by atomic mass is 32.2. The topological polar surface area (TPSA) is 79.8 Å². The molecule has 0 aromatic carbocycles. The Bertz CT molecular complexity index is 830. The van der Waals surface area contributed by atoms with E-state index in [2.05, 4.69) is 10.1 Å². The number of sulfonamides is 1. The molecule has 0 spiro atoms. The van der Waals surface area contributed by atoms with Crippen molar-refractivity contribution >= 4 is 10.0 Å². The summed E-state index contributed by atoms with van der Waals surface area (Å²) in [6, 6.07) is 3.82. The molecule has 26 heavy (non-hydrogen) atoms. The third-order valence-corrected chi connectivity index (χ3v) is 7.54. The number of nitrogens with zero attached hydrogens (tertiary/aromatic N) is 3. The average molecular weight is 379 g/mol. The fourth-order valence-corrected chi connectivity index (χ4v) is 5.66. The standard InChI is InChI=1S/C18H25N3O4S/c1-14-18(13-17(24-14)16-7-8-19-25-16)26(22,23)21-11-9-20(10-12-21)15-5-3-2-4-6-15/h7-8,13,15H,2-6,9-12H2,1H3. The third-order valence-electron chi connectivity index (χ3n) is 5.54. The van der Waals surface area contributed by atoms with Crippen molar-refractivity contribution in [3.63, 3.8) is 0 Å². The highest BCUT2D eigenvalue weighted by Gasteiger charge is 2.34. The van der Waals surface area contributed by atoms with Crippen LogP contribution >= 0.6 is 0 Å². The van der Waals surface area contributed by atoms with Crippen LogP contribution in [0.1, 0.15) is 37.9 Å². The van der Waals surface area contributed by atoms with Crippen LogP contribution in [0, 0.1) is 6.92 Å². The molecular weight excluding hydrogens is 354 g/mol. The number of furan rings is 1. The molecule has 0 amide bonds. The molecule has 0 unspecified atom stereocenters. The molecule has 1 aliphatic heterocycles. The van der Waals surface area contributed by atoms with Crippen molar-refractivity contribution in [2.75, 3.05) is 26.2 Å². The summed E-state index contributed by atoms with van der Waals surface area (Å²) < 4.78 is 38.4. The molecule has 0 atom stereocenters. The lowest BCUT2D eigenvalue weighted by atomic mass is 9.94. The lowest BCUT2D eigenvalue weighted by molar-refractivity contribution is 0.111. The summed E-state index contributed by atoms with van der Waals surface area (Å²) in [6.07, 6.45) is 7.91. The van der Waals surface area contributed by atoms with Gasteiger partial charge in [0, 0.05) is 44.4 Å². The van der Waals surface area contributed by atoms with Crippen molar-refractivity contribution in [1.82, 2.24) is 14.4 Å². The van der Waals surface area contributed by atoms with Crippen molar-refractivity contribution < 1.29 is 17.4 Å². The van der Waals surface area contributed by atoms with E-state index in [0.29, 0.717) is 36.4 Å². The number of piperazine rings is 1. The molecule has 1 saturated carbocycles. The molecule has 1 saturated heterocycles. The first-order valence-corrected chi connectivity index (χ1v) is 10.8. The Morgan fingerprint density at radius 2 is 1.81 bits per heavy atom. The smallest absolute Gasteiger partial charge is 0.246 e. The van der Waals surface area contributed by atoms with E-state index < -0.39 is 10.0 Å². The van der Waals surface area contributed by atoms with Crippen LogP contribution in [0.3, 0.4) is 0 Å². The van der Waals surface area contributed by atoms with Crippen LogP contribution in [0.2, 0.25) is 0 Å². The monoisotopic (exact) mass is 379 g/mol. The van der Waals surface area contributed by atoms with E-state index in [4.69, 9.17) is 8.94 Å². The first-order valence-electron chi connectivity index (χ1n) is 9.31. The highest BCUT2D eigenvalue weighted by Crippen LogP contribution is 2.31. The molecule has 0 N–H and O–H groups in total. The second-order valence-electron chi connectivity index (χ2n) is 7.14. The molecular formula is C18H25N3O4S. The van der Waals surface area contributed by atoms with Crippen LogP contribution in [-0.4, -0.2) is 55.0 Å². The van der Waals surface area contributed by atoms with Gasteiger partial charge in [-0.15, -0.1) is 0 Å². The molecule has 0 radical (unpaired) electrons. The van der Waals surface area contributed by atoms with Crippen LogP contribution in [0.15, 0.2) is 32.2 Å². The minimum Gasteiger partial charge on any atom is -0.457 e. The average Bonchev–Trinajstić information content (AvgIpc) is 3.32. The summed E-state index contributed by atoms with van der Waals surface area (Å²) in [4.78, 5) is 2.68. The molecule has 1 aliphatic carbocycles. The van der Waals surface area contributed by atoms with E-state index >= 15 is 0 Å². The van der Waals surface area contributed by atoms with E-state index in [0.717, 1.165) is 13.1 Å². The lowest BCUT2D eigenvalue weighted by Crippen LogP contribution is -2.52. The second-order valence-corrected chi connectivity index (χ2v) is 9.05. The lowest BCUT2D eigenvalue weighted by Gasteiger charge is -2.40. The van der Waals surface area contributed by atoms with Gasteiger partial charge < -0.3 is 8.94 Å². The fourth-order valence-electron chi connectivity index (χ4n) is 4.08. The zero-order valence-corrected chi connectivity index (χ0v) is 15.9. The second kappa shape index (κ2) is 7.17. The van der Waals surface area contributed by atoms with Crippen molar-refractivity contribution in [3.05, 3.63) is 24.1 Å². The van der Waals surface area contributed by atoms with Gasteiger partial charge in [0.05, 0.1) is 6.20 Å². The molecule has 4 rings (SSSR count). The van der Waals surface area contributed by atoms with Crippen molar-refractivity contribution in [2.24, 2.45) is 0 Å². The number of aromatic nitrogens is 1. The molecule has 2 fully saturated rings. The minimum absolute atomic E-state index is 0.218. The molecule has 142 valence electrons. The maximum atomic E-state index is 13.1. The predicted octanol–water partition coefficient (Wildman–Crippen LogP) is 2.88. The quantitative estimate of drug-likeness (QED) is 0.813. The molecule has 0 bridgehead atoms. The van der Waals surface area contributed by atoms with Gasteiger partial charge in [0.15, 0.2) is 5.76 Å². The van der Waals surface area contributed by atoms with Crippen molar-refractivity contribution in [3.8, 4) is 11.5 Å². The Hall–Kier alpha value is -1.64. The zero-order valence-electron chi connectivity index (χ0n) is 15.1. The van der Waals surface area contributed by atoms with Crippen LogP contribution in [0.4, 0.5) is 0 Å². The molecule has 2 aromatic rings. The number of hydrogen-bond acceptors (Lipinski definition) is 6. The van der Waals surface area contributed by atoms with E-state index in [1.165, 1.54) is 38.3 Å². The van der Waals surface area contributed by atoms with Crippen molar-refractivity contribution in [2.45, 2.75) is 50.0 Å². The molecule has 3 heterocycles.